The van der Waals surface area contributed by atoms with E-state index < -0.39 is 0 Å². The van der Waals surface area contributed by atoms with Crippen LogP contribution in [-0.2, 0) is 0 Å². The molecule has 0 unspecified atom stereocenters. The number of furan rings is 1. The SMILES string of the molecule is Cc1cc(C(=O)N2CCC(Oc3nc4c(Cl)cccc4s3)CC2)c(C)o1. The lowest BCUT2D eigenvalue weighted by Gasteiger charge is -2.31. The first kappa shape index (κ1) is 17.4. The van der Waals surface area contributed by atoms with Gasteiger partial charge < -0.3 is 14.1 Å². The van der Waals surface area contributed by atoms with E-state index >= 15 is 0 Å². The molecule has 3 aromatic rings. The molecule has 0 N–H and O–H groups in total. The van der Waals surface area contributed by atoms with Crippen LogP contribution in [0.5, 0.6) is 5.19 Å². The lowest BCUT2D eigenvalue weighted by atomic mass is 10.1. The second-order valence-electron chi connectivity index (χ2n) is 6.50. The molecule has 1 aliphatic rings. The largest absolute Gasteiger partial charge is 0.467 e. The van der Waals surface area contributed by atoms with Gasteiger partial charge in [-0.25, -0.2) is 4.98 Å². The minimum atomic E-state index is 0.0320. The van der Waals surface area contributed by atoms with Gasteiger partial charge in [-0.3, -0.25) is 4.79 Å². The van der Waals surface area contributed by atoms with E-state index in [1.165, 1.54) is 11.3 Å². The van der Waals surface area contributed by atoms with Crippen molar-refractivity contribution >= 4 is 39.1 Å². The Morgan fingerprint density at radius 1 is 1.35 bits per heavy atom. The molecule has 1 saturated heterocycles. The Morgan fingerprint density at radius 3 is 2.77 bits per heavy atom. The van der Waals surface area contributed by atoms with Gasteiger partial charge in [0, 0.05) is 25.9 Å². The van der Waals surface area contributed by atoms with Crippen LogP contribution in [0.1, 0.15) is 34.7 Å². The van der Waals surface area contributed by atoms with Gasteiger partial charge in [0.1, 0.15) is 23.1 Å². The van der Waals surface area contributed by atoms with Gasteiger partial charge in [-0.1, -0.05) is 29.0 Å². The zero-order valence-corrected chi connectivity index (χ0v) is 16.2. The number of nitrogens with zero attached hydrogens (tertiary/aromatic N) is 2. The summed E-state index contributed by atoms with van der Waals surface area (Å²) in [6.07, 6.45) is 1.63. The highest BCUT2D eigenvalue weighted by atomic mass is 35.5. The number of fused-ring (bicyclic) bond motifs is 1. The Balaban J connectivity index is 1.39. The molecular formula is C19H19ClN2O3S. The van der Waals surface area contributed by atoms with E-state index in [-0.39, 0.29) is 12.0 Å². The predicted octanol–water partition coefficient (Wildman–Crippen LogP) is 4.84. The summed E-state index contributed by atoms with van der Waals surface area (Å²) in [6.45, 7) is 5.01. The Kier molecular flexibility index (Phi) is 4.63. The molecule has 0 saturated carbocycles. The molecule has 1 fully saturated rings. The fourth-order valence-corrected chi connectivity index (χ4v) is 4.46. The first-order valence-corrected chi connectivity index (χ1v) is 9.79. The number of benzene rings is 1. The molecule has 136 valence electrons. The number of likely N-dealkylation sites (tertiary alicyclic amines) is 1. The Hall–Kier alpha value is -2.05. The minimum absolute atomic E-state index is 0.0320. The molecule has 0 radical (unpaired) electrons. The maximum absolute atomic E-state index is 12.7. The molecule has 5 nitrogen and oxygen atoms in total. The molecular weight excluding hydrogens is 372 g/mol. The van der Waals surface area contributed by atoms with Gasteiger partial charge >= 0.3 is 0 Å². The van der Waals surface area contributed by atoms with Gasteiger partial charge in [0.05, 0.1) is 15.3 Å². The molecule has 7 heteroatoms. The van der Waals surface area contributed by atoms with E-state index in [1.807, 2.05) is 43.0 Å². The smallest absolute Gasteiger partial charge is 0.274 e. The van der Waals surface area contributed by atoms with Gasteiger partial charge in [0.2, 0.25) is 0 Å². The van der Waals surface area contributed by atoms with Crippen molar-refractivity contribution in [1.82, 2.24) is 9.88 Å². The van der Waals surface area contributed by atoms with E-state index in [4.69, 9.17) is 20.8 Å². The van der Waals surface area contributed by atoms with Crippen LogP contribution in [0, 0.1) is 13.8 Å². The van der Waals surface area contributed by atoms with E-state index in [9.17, 15) is 4.79 Å². The van der Waals surface area contributed by atoms with Crippen LogP contribution in [0.2, 0.25) is 5.02 Å². The van der Waals surface area contributed by atoms with Crippen molar-refractivity contribution in [3.63, 3.8) is 0 Å². The number of carbonyl (C=O) groups is 1. The van der Waals surface area contributed by atoms with Crippen LogP contribution in [0.3, 0.4) is 0 Å². The number of piperidine rings is 1. The number of hydrogen-bond acceptors (Lipinski definition) is 5. The first-order valence-electron chi connectivity index (χ1n) is 8.59. The van der Waals surface area contributed by atoms with Crippen LogP contribution < -0.4 is 4.74 Å². The van der Waals surface area contributed by atoms with Crippen molar-refractivity contribution in [2.75, 3.05) is 13.1 Å². The van der Waals surface area contributed by atoms with E-state index in [2.05, 4.69) is 4.98 Å². The number of aryl methyl sites for hydroxylation is 2. The van der Waals surface area contributed by atoms with Crippen molar-refractivity contribution in [3.05, 3.63) is 46.4 Å². The number of para-hydroxylation sites is 1. The number of halogens is 1. The molecule has 0 spiro atoms. The Morgan fingerprint density at radius 2 is 2.12 bits per heavy atom. The van der Waals surface area contributed by atoms with Crippen molar-refractivity contribution in [2.24, 2.45) is 0 Å². The molecule has 0 aliphatic carbocycles. The molecule has 4 rings (SSSR count). The summed E-state index contributed by atoms with van der Waals surface area (Å²) >= 11 is 7.68. The number of aromatic nitrogens is 1. The van der Waals surface area contributed by atoms with Crippen molar-refractivity contribution in [2.45, 2.75) is 32.8 Å². The number of ether oxygens (including phenoxy) is 1. The highest BCUT2D eigenvalue weighted by Gasteiger charge is 2.27. The van der Waals surface area contributed by atoms with Gasteiger partial charge in [-0.05, 0) is 32.0 Å². The van der Waals surface area contributed by atoms with Crippen LogP contribution in [0.4, 0.5) is 0 Å². The fraction of sp³-hybridized carbons (Fsp3) is 0.368. The second kappa shape index (κ2) is 6.93. The zero-order chi connectivity index (χ0) is 18.3. The van der Waals surface area contributed by atoms with Crippen LogP contribution in [-0.4, -0.2) is 35.0 Å². The predicted molar refractivity (Wildman–Crippen MR) is 102 cm³/mol. The number of thiazole rings is 1. The normalized spacial score (nSPS) is 15.6. The van der Waals surface area contributed by atoms with E-state index in [0.29, 0.717) is 34.6 Å². The Labute approximate surface area is 160 Å². The van der Waals surface area contributed by atoms with Gasteiger partial charge in [-0.2, -0.15) is 0 Å². The number of rotatable bonds is 3. The third-order valence-corrected chi connectivity index (χ3v) is 5.83. The van der Waals surface area contributed by atoms with Gasteiger partial charge in [0.15, 0.2) is 0 Å². The molecule has 2 aromatic heterocycles. The summed E-state index contributed by atoms with van der Waals surface area (Å²) in [7, 11) is 0. The summed E-state index contributed by atoms with van der Waals surface area (Å²) in [4.78, 5) is 19.0. The van der Waals surface area contributed by atoms with Crippen molar-refractivity contribution in [1.29, 1.82) is 0 Å². The Bertz CT molecular complexity index is 957. The molecule has 1 aliphatic heterocycles. The third kappa shape index (κ3) is 3.31. The molecule has 0 atom stereocenters. The van der Waals surface area contributed by atoms with Crippen molar-refractivity contribution in [3.8, 4) is 5.19 Å². The lowest BCUT2D eigenvalue weighted by molar-refractivity contribution is 0.0594. The van der Waals surface area contributed by atoms with Crippen LogP contribution in [0.15, 0.2) is 28.7 Å². The highest BCUT2D eigenvalue weighted by molar-refractivity contribution is 7.20. The van der Waals surface area contributed by atoms with Crippen molar-refractivity contribution < 1.29 is 13.9 Å². The topological polar surface area (TPSA) is 55.6 Å². The third-order valence-electron chi connectivity index (χ3n) is 4.62. The van der Waals surface area contributed by atoms with Gasteiger partial charge in [0.25, 0.3) is 11.1 Å². The summed E-state index contributed by atoms with van der Waals surface area (Å²) in [5.74, 6) is 1.47. The second-order valence-corrected chi connectivity index (χ2v) is 7.90. The average molecular weight is 391 g/mol. The maximum atomic E-state index is 12.7. The summed E-state index contributed by atoms with van der Waals surface area (Å²) in [6, 6.07) is 7.54. The summed E-state index contributed by atoms with van der Waals surface area (Å²) < 4.78 is 12.5. The van der Waals surface area contributed by atoms with E-state index in [0.717, 1.165) is 28.8 Å². The number of carbonyl (C=O) groups excluding carboxylic acids is 1. The molecule has 1 aromatic carbocycles. The van der Waals surface area contributed by atoms with Crippen LogP contribution >= 0.6 is 22.9 Å². The zero-order valence-electron chi connectivity index (χ0n) is 14.6. The standard InChI is InChI=1S/C19H19ClN2O3S/c1-11-10-14(12(2)24-11)18(23)22-8-6-13(7-9-22)25-19-21-17-15(20)4-3-5-16(17)26-19/h3-5,10,13H,6-9H2,1-2H3. The quantitative estimate of drug-likeness (QED) is 0.641. The van der Waals surface area contributed by atoms with E-state index in [1.54, 1.807) is 0 Å². The summed E-state index contributed by atoms with van der Waals surface area (Å²) in [5, 5.41) is 1.28. The average Bonchev–Trinajstić information content (AvgIpc) is 3.18. The molecule has 3 heterocycles. The maximum Gasteiger partial charge on any atom is 0.274 e. The monoisotopic (exact) mass is 390 g/mol. The van der Waals surface area contributed by atoms with Gasteiger partial charge in [-0.15, -0.1) is 0 Å². The summed E-state index contributed by atoms with van der Waals surface area (Å²) in [5.41, 5.74) is 1.44. The minimum Gasteiger partial charge on any atom is -0.467 e. The molecule has 1 amide bonds. The number of hydrogen-bond donors (Lipinski definition) is 0. The fourth-order valence-electron chi connectivity index (χ4n) is 3.28. The lowest BCUT2D eigenvalue weighted by Crippen LogP contribution is -2.41. The highest BCUT2D eigenvalue weighted by Crippen LogP contribution is 2.33. The molecule has 26 heavy (non-hydrogen) atoms. The van der Waals surface area contributed by atoms with Crippen LogP contribution in [0.25, 0.3) is 10.2 Å². The molecule has 0 bridgehead atoms. The number of amides is 1. The first-order chi connectivity index (χ1) is 12.5.